The summed E-state index contributed by atoms with van der Waals surface area (Å²) in [4.78, 5) is 4.56. The SMILES string of the molecule is COc1cc(C(C)(C)C)cc(-c2csc(CN)n2)c1OC. The molecule has 0 saturated heterocycles. The first-order chi connectivity index (χ1) is 9.90. The highest BCUT2D eigenvalue weighted by molar-refractivity contribution is 7.09. The minimum absolute atomic E-state index is 0.0149. The predicted octanol–water partition coefficient (Wildman–Crippen LogP) is 3.58. The van der Waals surface area contributed by atoms with Crippen LogP contribution >= 0.6 is 11.3 Å². The van der Waals surface area contributed by atoms with Gasteiger partial charge in [-0.05, 0) is 23.1 Å². The van der Waals surface area contributed by atoms with Gasteiger partial charge in [-0.2, -0.15) is 0 Å². The van der Waals surface area contributed by atoms with Gasteiger partial charge in [-0.25, -0.2) is 4.98 Å². The molecule has 4 nitrogen and oxygen atoms in total. The second kappa shape index (κ2) is 6.03. The van der Waals surface area contributed by atoms with Crippen LogP contribution in [0.1, 0.15) is 31.3 Å². The molecule has 0 bridgehead atoms. The van der Waals surface area contributed by atoms with E-state index in [0.717, 1.165) is 22.0 Å². The summed E-state index contributed by atoms with van der Waals surface area (Å²) in [5.74, 6) is 1.43. The Morgan fingerprint density at radius 3 is 2.38 bits per heavy atom. The first-order valence-electron chi connectivity index (χ1n) is 6.82. The third-order valence-electron chi connectivity index (χ3n) is 3.35. The van der Waals surface area contributed by atoms with Crippen molar-refractivity contribution in [2.75, 3.05) is 14.2 Å². The summed E-state index contributed by atoms with van der Waals surface area (Å²) < 4.78 is 11.0. The molecule has 0 aliphatic carbocycles. The zero-order chi connectivity index (χ0) is 15.6. The van der Waals surface area contributed by atoms with Gasteiger partial charge < -0.3 is 15.2 Å². The number of aromatic nitrogens is 1. The predicted molar refractivity (Wildman–Crippen MR) is 87.2 cm³/mol. The van der Waals surface area contributed by atoms with Crippen LogP contribution in [0.5, 0.6) is 11.5 Å². The van der Waals surface area contributed by atoms with Crippen molar-refractivity contribution in [2.24, 2.45) is 5.73 Å². The number of ether oxygens (including phenoxy) is 2. The second-order valence-corrected chi connectivity index (χ2v) is 6.78. The van der Waals surface area contributed by atoms with E-state index in [1.807, 2.05) is 11.4 Å². The summed E-state index contributed by atoms with van der Waals surface area (Å²) in [7, 11) is 3.30. The number of hydrogen-bond acceptors (Lipinski definition) is 5. The van der Waals surface area contributed by atoms with E-state index in [9.17, 15) is 0 Å². The van der Waals surface area contributed by atoms with Crippen molar-refractivity contribution in [1.82, 2.24) is 4.98 Å². The maximum atomic E-state index is 5.66. The molecule has 0 amide bonds. The summed E-state index contributed by atoms with van der Waals surface area (Å²) in [6.45, 7) is 6.96. The van der Waals surface area contributed by atoms with Gasteiger partial charge in [0, 0.05) is 17.5 Å². The quantitative estimate of drug-likeness (QED) is 0.938. The Kier molecular flexibility index (Phi) is 4.54. The van der Waals surface area contributed by atoms with Crippen molar-refractivity contribution in [1.29, 1.82) is 0 Å². The molecule has 5 heteroatoms. The lowest BCUT2D eigenvalue weighted by Crippen LogP contribution is -2.12. The normalized spacial score (nSPS) is 11.5. The van der Waals surface area contributed by atoms with Gasteiger partial charge in [0.1, 0.15) is 5.01 Å². The minimum atomic E-state index is 0.0149. The highest BCUT2D eigenvalue weighted by atomic mass is 32.1. The molecule has 0 radical (unpaired) electrons. The average molecular weight is 306 g/mol. The molecule has 2 rings (SSSR count). The molecule has 0 aliphatic rings. The molecule has 0 atom stereocenters. The van der Waals surface area contributed by atoms with Crippen LogP contribution in [0.3, 0.4) is 0 Å². The summed E-state index contributed by atoms with van der Waals surface area (Å²) in [5.41, 5.74) is 8.67. The number of methoxy groups -OCH3 is 2. The number of thiazole rings is 1. The lowest BCUT2D eigenvalue weighted by molar-refractivity contribution is 0.354. The largest absolute Gasteiger partial charge is 0.493 e. The lowest BCUT2D eigenvalue weighted by atomic mass is 9.85. The molecule has 1 aromatic carbocycles. The molecule has 0 saturated carbocycles. The van der Waals surface area contributed by atoms with Gasteiger partial charge in [-0.15, -0.1) is 11.3 Å². The minimum Gasteiger partial charge on any atom is -0.493 e. The molecule has 2 N–H and O–H groups in total. The van der Waals surface area contributed by atoms with Crippen LogP contribution in [0.15, 0.2) is 17.5 Å². The number of hydrogen-bond donors (Lipinski definition) is 1. The first kappa shape index (κ1) is 15.8. The molecule has 1 aromatic heterocycles. The molecule has 1 heterocycles. The highest BCUT2D eigenvalue weighted by Gasteiger charge is 2.21. The second-order valence-electron chi connectivity index (χ2n) is 5.84. The molecule has 0 aliphatic heterocycles. The van der Waals surface area contributed by atoms with Crippen LogP contribution in [0, 0.1) is 0 Å². The zero-order valence-electron chi connectivity index (χ0n) is 13.2. The van der Waals surface area contributed by atoms with Crippen LogP contribution in [0.25, 0.3) is 11.3 Å². The van der Waals surface area contributed by atoms with E-state index in [1.165, 1.54) is 5.56 Å². The van der Waals surface area contributed by atoms with Gasteiger partial charge in [0.25, 0.3) is 0 Å². The molecule has 0 fully saturated rings. The molecular formula is C16H22N2O2S. The van der Waals surface area contributed by atoms with E-state index in [4.69, 9.17) is 15.2 Å². The van der Waals surface area contributed by atoms with Crippen LogP contribution < -0.4 is 15.2 Å². The molecule has 2 aromatic rings. The third-order valence-corrected chi connectivity index (χ3v) is 4.22. The van der Waals surface area contributed by atoms with E-state index in [-0.39, 0.29) is 5.41 Å². The maximum absolute atomic E-state index is 5.66. The van der Waals surface area contributed by atoms with Crippen molar-refractivity contribution < 1.29 is 9.47 Å². The van der Waals surface area contributed by atoms with Gasteiger partial charge in [0.05, 0.1) is 19.9 Å². The van der Waals surface area contributed by atoms with E-state index in [1.54, 1.807) is 25.6 Å². The summed E-state index contributed by atoms with van der Waals surface area (Å²) in [6, 6.07) is 4.15. The Bertz CT molecular complexity index is 630. The van der Waals surface area contributed by atoms with E-state index in [2.05, 4.69) is 31.8 Å². The fourth-order valence-electron chi connectivity index (χ4n) is 2.12. The lowest BCUT2D eigenvalue weighted by Gasteiger charge is -2.22. The molecule has 0 unspecified atom stereocenters. The fraction of sp³-hybridized carbons (Fsp3) is 0.438. The van der Waals surface area contributed by atoms with Gasteiger partial charge in [-0.1, -0.05) is 20.8 Å². The smallest absolute Gasteiger partial charge is 0.170 e. The summed E-state index contributed by atoms with van der Waals surface area (Å²) >= 11 is 1.56. The number of benzene rings is 1. The molecule has 0 spiro atoms. The van der Waals surface area contributed by atoms with Crippen molar-refractivity contribution in [2.45, 2.75) is 32.7 Å². The van der Waals surface area contributed by atoms with Crippen LogP contribution in [-0.4, -0.2) is 19.2 Å². The monoisotopic (exact) mass is 306 g/mol. The Morgan fingerprint density at radius 2 is 1.90 bits per heavy atom. The molecular weight excluding hydrogens is 284 g/mol. The number of nitrogens with two attached hydrogens (primary N) is 1. The van der Waals surface area contributed by atoms with E-state index < -0.39 is 0 Å². The van der Waals surface area contributed by atoms with Crippen molar-refractivity contribution in [3.63, 3.8) is 0 Å². The van der Waals surface area contributed by atoms with E-state index >= 15 is 0 Å². The number of nitrogens with zero attached hydrogens (tertiary/aromatic N) is 1. The third kappa shape index (κ3) is 3.19. The maximum Gasteiger partial charge on any atom is 0.170 e. The van der Waals surface area contributed by atoms with Crippen molar-refractivity contribution in [3.8, 4) is 22.8 Å². The Morgan fingerprint density at radius 1 is 1.19 bits per heavy atom. The van der Waals surface area contributed by atoms with Gasteiger partial charge >= 0.3 is 0 Å². The van der Waals surface area contributed by atoms with E-state index in [0.29, 0.717) is 12.3 Å². The highest BCUT2D eigenvalue weighted by Crippen LogP contribution is 2.42. The Balaban J connectivity index is 2.66. The summed E-state index contributed by atoms with van der Waals surface area (Å²) in [6.07, 6.45) is 0. The summed E-state index contributed by atoms with van der Waals surface area (Å²) in [5, 5.41) is 2.92. The first-order valence-corrected chi connectivity index (χ1v) is 7.70. The van der Waals surface area contributed by atoms with Crippen molar-refractivity contribution in [3.05, 3.63) is 28.1 Å². The van der Waals surface area contributed by atoms with Crippen LogP contribution in [-0.2, 0) is 12.0 Å². The Labute approximate surface area is 129 Å². The Hall–Kier alpha value is -1.59. The van der Waals surface area contributed by atoms with Crippen LogP contribution in [0.2, 0.25) is 0 Å². The molecule has 21 heavy (non-hydrogen) atoms. The van der Waals surface area contributed by atoms with Gasteiger partial charge in [-0.3, -0.25) is 0 Å². The number of rotatable bonds is 4. The van der Waals surface area contributed by atoms with Gasteiger partial charge in [0.2, 0.25) is 0 Å². The zero-order valence-corrected chi connectivity index (χ0v) is 14.0. The molecule has 114 valence electrons. The average Bonchev–Trinajstić information content (AvgIpc) is 2.93. The topological polar surface area (TPSA) is 57.4 Å². The fourth-order valence-corrected chi connectivity index (χ4v) is 2.79. The standard InChI is InChI=1S/C16H22N2O2S/c1-16(2,3)10-6-11(12-9-21-14(8-17)18-12)15(20-5)13(7-10)19-4/h6-7,9H,8,17H2,1-5H3. The van der Waals surface area contributed by atoms with Crippen molar-refractivity contribution >= 4 is 11.3 Å². The van der Waals surface area contributed by atoms with Gasteiger partial charge in [0.15, 0.2) is 11.5 Å². The van der Waals surface area contributed by atoms with Crippen LogP contribution in [0.4, 0.5) is 0 Å².